The summed E-state index contributed by atoms with van der Waals surface area (Å²) in [7, 11) is 0. The van der Waals surface area contributed by atoms with Crippen molar-refractivity contribution in [2.45, 2.75) is 26.2 Å². The van der Waals surface area contributed by atoms with E-state index in [1.165, 1.54) is 24.8 Å². The Kier molecular flexibility index (Phi) is 1.90. The van der Waals surface area contributed by atoms with Gasteiger partial charge < -0.3 is 0 Å². The second-order valence-electron chi connectivity index (χ2n) is 2.16. The van der Waals surface area contributed by atoms with Crippen LogP contribution in [0.2, 0.25) is 0 Å². The highest BCUT2D eigenvalue weighted by molar-refractivity contribution is 5.20. The summed E-state index contributed by atoms with van der Waals surface area (Å²) in [5, 5.41) is 0. The number of allylic oxidation sites excluding steroid dienone is 4. The molecule has 0 aromatic heterocycles. The van der Waals surface area contributed by atoms with Crippen LogP contribution in [0.25, 0.3) is 0 Å². The molecule has 44 valence electrons. The van der Waals surface area contributed by atoms with Gasteiger partial charge in [0.05, 0.1) is 0 Å². The van der Waals surface area contributed by atoms with Crippen molar-refractivity contribution in [3.05, 3.63) is 23.8 Å². The van der Waals surface area contributed by atoms with Crippen molar-refractivity contribution in [2.24, 2.45) is 0 Å². The molecule has 0 fully saturated rings. The molecule has 0 saturated carbocycles. The second-order valence-corrected chi connectivity index (χ2v) is 2.16. The molecule has 0 aliphatic heterocycles. The normalized spacial score (nSPS) is 24.4. The van der Waals surface area contributed by atoms with E-state index in [0.717, 1.165) is 0 Å². The lowest BCUT2D eigenvalue weighted by atomic mass is 10.0. The largest absolute Gasteiger partial charge is 0.0845 e. The van der Waals surface area contributed by atoms with E-state index in [1.807, 2.05) is 0 Å². The van der Waals surface area contributed by atoms with E-state index in [1.54, 1.807) is 0 Å². The van der Waals surface area contributed by atoms with Gasteiger partial charge in [0.25, 0.3) is 0 Å². The fraction of sp³-hybridized carbons (Fsp3) is 0.500. The summed E-state index contributed by atoms with van der Waals surface area (Å²) in [5.74, 6) is 0. The Bertz CT molecular complexity index is 118. The van der Waals surface area contributed by atoms with Gasteiger partial charge in [-0.2, -0.15) is 0 Å². The molecule has 0 nitrogen and oxygen atoms in total. The molecule has 0 aromatic rings. The van der Waals surface area contributed by atoms with Crippen molar-refractivity contribution < 1.29 is 0 Å². The standard InChI is InChI=1S/C8H12/c1-2-8-6-4-3-5-7-8/h2,4,6H,3,5,7H2,1H3/b8-2-. The summed E-state index contributed by atoms with van der Waals surface area (Å²) in [6.07, 6.45) is 10.6. The molecule has 0 bridgehead atoms. The Morgan fingerprint density at radius 3 is 2.88 bits per heavy atom. The van der Waals surface area contributed by atoms with E-state index < -0.39 is 0 Å². The molecule has 0 unspecified atom stereocenters. The van der Waals surface area contributed by atoms with Gasteiger partial charge in [-0.3, -0.25) is 0 Å². The highest BCUT2D eigenvalue weighted by Gasteiger charge is 1.94. The highest BCUT2D eigenvalue weighted by atomic mass is 14.0. The molecule has 1 aliphatic carbocycles. The maximum absolute atomic E-state index is 2.25. The molecular formula is C8H12. The Morgan fingerprint density at radius 1 is 1.62 bits per heavy atom. The maximum atomic E-state index is 2.25. The fourth-order valence-electron chi connectivity index (χ4n) is 0.983. The molecule has 0 heterocycles. The zero-order valence-electron chi connectivity index (χ0n) is 5.35. The molecule has 8 heavy (non-hydrogen) atoms. The van der Waals surface area contributed by atoms with Gasteiger partial charge in [-0.1, -0.05) is 23.8 Å². The average molecular weight is 108 g/mol. The van der Waals surface area contributed by atoms with Gasteiger partial charge in [0.2, 0.25) is 0 Å². The van der Waals surface area contributed by atoms with Crippen molar-refractivity contribution in [3.8, 4) is 0 Å². The SMILES string of the molecule is C/C=C1/C=CCCC1. The minimum absolute atomic E-state index is 1.28. The molecule has 0 saturated heterocycles. The van der Waals surface area contributed by atoms with Gasteiger partial charge in [0.15, 0.2) is 0 Å². The van der Waals surface area contributed by atoms with E-state index >= 15 is 0 Å². The second kappa shape index (κ2) is 2.71. The van der Waals surface area contributed by atoms with Gasteiger partial charge in [0.1, 0.15) is 0 Å². The van der Waals surface area contributed by atoms with Crippen LogP contribution in [0.5, 0.6) is 0 Å². The van der Waals surface area contributed by atoms with Gasteiger partial charge in [-0.25, -0.2) is 0 Å². The molecule has 0 atom stereocenters. The summed E-state index contributed by atoms with van der Waals surface area (Å²) >= 11 is 0. The molecule has 0 N–H and O–H groups in total. The first kappa shape index (κ1) is 5.61. The van der Waals surface area contributed by atoms with Crippen LogP contribution in [-0.4, -0.2) is 0 Å². The molecule has 0 radical (unpaired) electrons. The minimum atomic E-state index is 1.28. The number of rotatable bonds is 0. The zero-order chi connectivity index (χ0) is 5.82. The molecular weight excluding hydrogens is 96.1 g/mol. The van der Waals surface area contributed by atoms with E-state index in [2.05, 4.69) is 25.2 Å². The summed E-state index contributed by atoms with van der Waals surface area (Å²) in [5.41, 5.74) is 1.50. The minimum Gasteiger partial charge on any atom is -0.0845 e. The fourth-order valence-corrected chi connectivity index (χ4v) is 0.983. The maximum Gasteiger partial charge on any atom is -0.0279 e. The topological polar surface area (TPSA) is 0 Å². The predicted octanol–water partition coefficient (Wildman–Crippen LogP) is 2.67. The molecule has 0 aromatic carbocycles. The van der Waals surface area contributed by atoms with E-state index in [4.69, 9.17) is 0 Å². The first-order valence-corrected chi connectivity index (χ1v) is 3.25. The summed E-state index contributed by atoms with van der Waals surface area (Å²) in [6, 6.07) is 0. The van der Waals surface area contributed by atoms with E-state index in [-0.39, 0.29) is 0 Å². The molecule has 0 heteroatoms. The van der Waals surface area contributed by atoms with E-state index in [0.29, 0.717) is 0 Å². The number of hydrogen-bond acceptors (Lipinski definition) is 0. The quantitative estimate of drug-likeness (QED) is 0.447. The Morgan fingerprint density at radius 2 is 2.50 bits per heavy atom. The smallest absolute Gasteiger partial charge is 0.0279 e. The van der Waals surface area contributed by atoms with Gasteiger partial charge in [0, 0.05) is 0 Å². The molecule has 0 amide bonds. The van der Waals surface area contributed by atoms with Crippen LogP contribution in [0.1, 0.15) is 26.2 Å². The van der Waals surface area contributed by atoms with Crippen molar-refractivity contribution in [3.63, 3.8) is 0 Å². The Labute approximate surface area is 50.9 Å². The monoisotopic (exact) mass is 108 g/mol. The third-order valence-corrected chi connectivity index (χ3v) is 1.54. The van der Waals surface area contributed by atoms with Crippen LogP contribution in [0.15, 0.2) is 23.8 Å². The van der Waals surface area contributed by atoms with E-state index in [9.17, 15) is 0 Å². The Hall–Kier alpha value is -0.520. The summed E-state index contributed by atoms with van der Waals surface area (Å²) in [4.78, 5) is 0. The van der Waals surface area contributed by atoms with Crippen molar-refractivity contribution in [1.82, 2.24) is 0 Å². The number of hydrogen-bond donors (Lipinski definition) is 0. The van der Waals surface area contributed by atoms with Crippen LogP contribution >= 0.6 is 0 Å². The van der Waals surface area contributed by atoms with Gasteiger partial charge in [-0.15, -0.1) is 0 Å². The summed E-state index contributed by atoms with van der Waals surface area (Å²) in [6.45, 7) is 2.10. The molecule has 1 aliphatic rings. The van der Waals surface area contributed by atoms with Crippen LogP contribution in [0.3, 0.4) is 0 Å². The first-order chi connectivity index (χ1) is 3.93. The van der Waals surface area contributed by atoms with Gasteiger partial charge >= 0.3 is 0 Å². The molecule has 0 spiro atoms. The van der Waals surface area contributed by atoms with Crippen LogP contribution in [0, 0.1) is 0 Å². The third kappa shape index (κ3) is 1.22. The zero-order valence-corrected chi connectivity index (χ0v) is 5.35. The van der Waals surface area contributed by atoms with Gasteiger partial charge in [-0.05, 0) is 26.2 Å². The first-order valence-electron chi connectivity index (χ1n) is 3.25. The van der Waals surface area contributed by atoms with Crippen LogP contribution in [-0.2, 0) is 0 Å². The predicted molar refractivity (Wildman–Crippen MR) is 36.7 cm³/mol. The third-order valence-electron chi connectivity index (χ3n) is 1.54. The van der Waals surface area contributed by atoms with Crippen molar-refractivity contribution >= 4 is 0 Å². The average Bonchev–Trinajstić information content (AvgIpc) is 1.90. The summed E-state index contributed by atoms with van der Waals surface area (Å²) < 4.78 is 0. The molecule has 1 rings (SSSR count). The highest BCUT2D eigenvalue weighted by Crippen LogP contribution is 2.14. The van der Waals surface area contributed by atoms with Crippen molar-refractivity contribution in [2.75, 3.05) is 0 Å². The van der Waals surface area contributed by atoms with Crippen LogP contribution in [0.4, 0.5) is 0 Å². The lowest BCUT2D eigenvalue weighted by molar-refractivity contribution is 0.819. The Balaban J connectivity index is 2.56. The van der Waals surface area contributed by atoms with Crippen molar-refractivity contribution in [1.29, 1.82) is 0 Å². The van der Waals surface area contributed by atoms with Crippen LogP contribution < -0.4 is 0 Å². The lowest BCUT2D eigenvalue weighted by Crippen LogP contribution is -1.84. The lowest BCUT2D eigenvalue weighted by Gasteiger charge is -2.04.